The van der Waals surface area contributed by atoms with E-state index in [-0.39, 0.29) is 50.8 Å². The molecule has 0 saturated carbocycles. The van der Waals surface area contributed by atoms with Crippen LogP contribution >= 0.6 is 0 Å². The number of hydrogen-bond acceptors (Lipinski definition) is 13. The summed E-state index contributed by atoms with van der Waals surface area (Å²) in [6, 6.07) is 0. The van der Waals surface area contributed by atoms with Crippen molar-refractivity contribution in [3.05, 3.63) is 0 Å². The molecule has 0 aromatic rings. The van der Waals surface area contributed by atoms with Crippen LogP contribution in [0.2, 0.25) is 0 Å². The Bertz CT molecular complexity index is 1290. The average molecular weight is 1400 g/mol. The fourth-order valence-electron chi connectivity index (χ4n) is 6.87. The van der Waals surface area contributed by atoms with E-state index in [4.69, 9.17) is 28.8 Å². The van der Waals surface area contributed by atoms with Crippen LogP contribution in [-0.2, 0) is 77.0 Å². The average Bonchev–Trinajstić information content (AvgIpc) is 3.50. The molecule has 1 N–H and O–H groups in total. The Morgan fingerprint density at radius 1 is 0.388 bits per heavy atom. The maximum absolute atomic E-state index is 11.9. The number of unbranched alkanes of at least 4 members (excludes halogenated alkanes) is 23. The number of rotatable bonds is 47. The maximum atomic E-state index is 11.9. The van der Waals surface area contributed by atoms with Gasteiger partial charge in [0.05, 0.1) is 52.7 Å². The van der Waals surface area contributed by atoms with Gasteiger partial charge in [0.1, 0.15) is 0 Å². The zero-order chi connectivity index (χ0) is 65.6. The van der Waals surface area contributed by atoms with E-state index in [2.05, 4.69) is 80.9 Å². The second-order valence-electron chi connectivity index (χ2n) is 21.4. The summed E-state index contributed by atoms with van der Waals surface area (Å²) in [7, 11) is 0. The first kappa shape index (κ1) is 101. The van der Waals surface area contributed by atoms with Crippen LogP contribution in [0.3, 0.4) is 0 Å². The molecule has 0 aliphatic rings. The molecule has 0 bridgehead atoms. The van der Waals surface area contributed by atoms with E-state index < -0.39 is 24.5 Å². The Labute approximate surface area is 539 Å². The fourth-order valence-corrected chi connectivity index (χ4v) is 6.87. The summed E-state index contributed by atoms with van der Waals surface area (Å²) in [6.07, 6.45) is 42.8. The summed E-state index contributed by atoms with van der Waals surface area (Å²) in [4.78, 5) is 77.2. The van der Waals surface area contributed by atoms with Crippen LogP contribution in [0.25, 0.3) is 0 Å². The van der Waals surface area contributed by atoms with Crippen molar-refractivity contribution >= 4 is 42.1 Å². The SMILES string of the molecule is CC.CCCC.CCCCCC(C)CC.CCCCCCCCOC(=O)CC.CCCCCCCCOC(=O)CC(C)CC.CCCCCCCCOC(=O)CN(CC(=O)O)CC(=O)OCCCCCCCC.CCCOC(C)=O.CC[C-]=O.[Os+]. The van der Waals surface area contributed by atoms with Crippen LogP contribution in [0.15, 0.2) is 0 Å². The first-order valence-electron chi connectivity index (χ1n) is 34.5. The number of ether oxygens (including phenoxy) is 5. The Hall–Kier alpha value is -2.91. The first-order valence-corrected chi connectivity index (χ1v) is 34.5. The van der Waals surface area contributed by atoms with Gasteiger partial charge in [-0.3, -0.25) is 40.0 Å². The van der Waals surface area contributed by atoms with E-state index in [1.54, 1.807) is 13.2 Å². The molecular formula is C70H142NO13Os. The molecule has 14 nitrogen and oxygen atoms in total. The Morgan fingerprint density at radius 2 is 0.694 bits per heavy atom. The van der Waals surface area contributed by atoms with E-state index in [1.807, 2.05) is 27.7 Å². The summed E-state index contributed by atoms with van der Waals surface area (Å²) in [5.41, 5.74) is 0. The molecule has 0 aliphatic heterocycles. The second kappa shape index (κ2) is 94.8. The zero-order valence-corrected chi connectivity index (χ0v) is 61.5. The van der Waals surface area contributed by atoms with E-state index in [1.165, 1.54) is 160 Å². The van der Waals surface area contributed by atoms with E-state index in [0.29, 0.717) is 58.2 Å². The standard InChI is InChI=1S/C22H41NO6.C14H28O2.C11H22O2.C9H20.C5H10O2.C4H10.C3H5O.C2H6.Os/c1-3-5-7-9-11-13-15-28-21(26)18-23(17-20(24)25)19-22(27)29-16-14-12-10-8-6-4-2;1-4-6-7-8-9-10-11-16-14(15)12-13(3)5-2;1-3-5-6-7-8-9-10-13-11(12)4-2;1-4-6-7-8-9(3)5-2;1-3-4-7-5(2)6;1-3-4-2;1-2-3-4;1-2;/h3-19H2,1-2H3,(H,24,25);13H,4-12H2,1-3H3;3-10H2,1-2H3;9H,4-8H2,1-3H3;3-4H2,1-2H3;3-4H2,1-2H3;2H2,1H3;1-2H3;/q;;;;;;-1;;+1. The summed E-state index contributed by atoms with van der Waals surface area (Å²) in [5.74, 6) is -1.00. The van der Waals surface area contributed by atoms with Gasteiger partial charge in [-0.2, -0.15) is 6.42 Å². The molecule has 0 saturated heterocycles. The van der Waals surface area contributed by atoms with Crippen molar-refractivity contribution < 1.29 is 82.1 Å². The molecule has 85 heavy (non-hydrogen) atoms. The summed E-state index contributed by atoms with van der Waals surface area (Å²) < 4.78 is 25.0. The molecule has 1 radical (unpaired) electrons. The number of aliphatic carboxylic acids is 1. The molecule has 2 unspecified atom stereocenters. The van der Waals surface area contributed by atoms with Crippen molar-refractivity contribution in [2.45, 2.75) is 349 Å². The molecule has 0 fully saturated rings. The second-order valence-corrected chi connectivity index (χ2v) is 21.4. The summed E-state index contributed by atoms with van der Waals surface area (Å²) >= 11 is 0. The third-order valence-corrected chi connectivity index (χ3v) is 12.8. The van der Waals surface area contributed by atoms with Gasteiger partial charge in [0.25, 0.3) is 0 Å². The number of carboxylic acid groups (broad SMARTS) is 1. The number of hydrogen-bond donors (Lipinski definition) is 1. The van der Waals surface area contributed by atoms with Gasteiger partial charge in [-0.1, -0.05) is 291 Å². The van der Waals surface area contributed by atoms with Crippen LogP contribution in [0, 0.1) is 11.8 Å². The molecule has 0 aromatic heterocycles. The van der Waals surface area contributed by atoms with Crippen molar-refractivity contribution in [1.29, 1.82) is 0 Å². The number of nitrogens with zero attached hydrogens (tertiary/aromatic N) is 1. The van der Waals surface area contributed by atoms with Gasteiger partial charge in [-0.05, 0) is 43.9 Å². The molecule has 0 spiro atoms. The predicted octanol–water partition coefficient (Wildman–Crippen LogP) is 19.7. The van der Waals surface area contributed by atoms with Crippen LogP contribution in [0.1, 0.15) is 349 Å². The van der Waals surface area contributed by atoms with Crippen molar-refractivity contribution in [3.63, 3.8) is 0 Å². The molecular weight excluding hydrogens is 1250 g/mol. The van der Waals surface area contributed by atoms with Gasteiger partial charge in [0.15, 0.2) is 0 Å². The molecule has 513 valence electrons. The molecule has 15 heteroatoms. The van der Waals surface area contributed by atoms with Crippen LogP contribution in [-0.4, -0.2) is 105 Å². The normalized spacial score (nSPS) is 10.4. The topological polar surface area (TPSA) is 189 Å². The Morgan fingerprint density at radius 3 is 0.953 bits per heavy atom. The monoisotopic (exact) mass is 1400 g/mol. The van der Waals surface area contributed by atoms with Gasteiger partial charge < -0.3 is 33.6 Å². The molecule has 0 aliphatic carbocycles. The summed E-state index contributed by atoms with van der Waals surface area (Å²) in [5, 5.41) is 9.00. The largest absolute Gasteiger partial charge is 1.00 e. The van der Waals surface area contributed by atoms with Gasteiger partial charge in [-0.15, -0.1) is 0 Å². The van der Waals surface area contributed by atoms with Crippen molar-refractivity contribution in [3.8, 4) is 0 Å². The minimum atomic E-state index is -1.10. The van der Waals surface area contributed by atoms with Gasteiger partial charge in [0.2, 0.25) is 0 Å². The maximum Gasteiger partial charge on any atom is 1.00 e. The summed E-state index contributed by atoms with van der Waals surface area (Å²) in [6.45, 7) is 36.7. The van der Waals surface area contributed by atoms with Gasteiger partial charge in [-0.25, -0.2) is 0 Å². The van der Waals surface area contributed by atoms with Crippen molar-refractivity contribution in [1.82, 2.24) is 4.90 Å². The fraction of sp³-hybridized carbons (Fsp3) is 0.900. The van der Waals surface area contributed by atoms with Gasteiger partial charge >= 0.3 is 55.6 Å². The van der Waals surface area contributed by atoms with E-state index in [9.17, 15) is 28.8 Å². The van der Waals surface area contributed by atoms with Crippen molar-refractivity contribution in [2.75, 3.05) is 52.7 Å². The molecule has 0 amide bonds. The van der Waals surface area contributed by atoms with Gasteiger partial charge in [0, 0.05) is 19.8 Å². The van der Waals surface area contributed by atoms with Crippen LogP contribution < -0.4 is 0 Å². The Balaban J connectivity index is -0.000000125. The third kappa shape index (κ3) is 116. The molecule has 2 atom stereocenters. The molecule has 0 aromatic carbocycles. The number of carbonyl (C=O) groups excluding carboxylic acids is 6. The Kier molecular flexibility index (Phi) is 113. The quantitative estimate of drug-likeness (QED) is 0.0262. The molecule has 0 heterocycles. The van der Waals surface area contributed by atoms with Crippen LogP contribution in [0.4, 0.5) is 0 Å². The predicted molar refractivity (Wildman–Crippen MR) is 354 cm³/mol. The zero-order valence-electron chi connectivity index (χ0n) is 58.9. The number of esters is 5. The first-order chi connectivity index (χ1) is 40.4. The molecule has 0 rings (SSSR count). The van der Waals surface area contributed by atoms with Crippen LogP contribution in [0.5, 0.6) is 0 Å². The number of carbonyl (C=O) groups is 6. The number of carboxylic acids is 1. The minimum absolute atomic E-state index is 0. The smallest absolute Gasteiger partial charge is 0.542 e. The van der Waals surface area contributed by atoms with E-state index in [0.717, 1.165) is 70.1 Å². The van der Waals surface area contributed by atoms with Crippen molar-refractivity contribution in [2.24, 2.45) is 11.8 Å². The van der Waals surface area contributed by atoms with E-state index >= 15 is 0 Å². The minimum Gasteiger partial charge on any atom is -0.542 e. The third-order valence-electron chi connectivity index (χ3n) is 12.8.